The van der Waals surface area contributed by atoms with Crippen molar-refractivity contribution in [2.75, 3.05) is 5.73 Å². The average Bonchev–Trinajstić information content (AvgIpc) is 2.81. The normalized spacial score (nSPS) is 19.6. The maximum Gasteiger partial charge on any atom is 0.133 e. The molecule has 0 saturated carbocycles. The Morgan fingerprint density at radius 2 is 2.05 bits per heavy atom. The first kappa shape index (κ1) is 13.2. The van der Waals surface area contributed by atoms with E-state index in [4.69, 9.17) is 5.73 Å². The van der Waals surface area contributed by atoms with Crippen molar-refractivity contribution in [3.05, 3.63) is 41.5 Å². The highest BCUT2D eigenvalue weighted by Gasteiger charge is 2.21. The van der Waals surface area contributed by atoms with Gasteiger partial charge in [-0.25, -0.2) is 0 Å². The highest BCUT2D eigenvalue weighted by atomic mass is 15.3. The Morgan fingerprint density at radius 3 is 2.80 bits per heavy atom. The SMILES string of the molecule is CC1CCn2c(nnc2CC(C)c2ccc(N)cc2)C1. The Bertz CT molecular complexity index is 585. The van der Waals surface area contributed by atoms with E-state index in [-0.39, 0.29) is 0 Å². The summed E-state index contributed by atoms with van der Waals surface area (Å²) >= 11 is 0. The summed E-state index contributed by atoms with van der Waals surface area (Å²) in [7, 11) is 0. The number of nitrogens with two attached hydrogens (primary N) is 1. The van der Waals surface area contributed by atoms with Crippen molar-refractivity contribution in [1.29, 1.82) is 0 Å². The second-order valence-corrected chi connectivity index (χ2v) is 6.05. The first-order valence-corrected chi connectivity index (χ1v) is 7.40. The number of hydrogen-bond acceptors (Lipinski definition) is 3. The van der Waals surface area contributed by atoms with E-state index in [1.165, 1.54) is 12.0 Å². The van der Waals surface area contributed by atoms with Gasteiger partial charge in [-0.05, 0) is 36.0 Å². The van der Waals surface area contributed by atoms with E-state index in [1.807, 2.05) is 12.1 Å². The summed E-state index contributed by atoms with van der Waals surface area (Å²) in [5, 5.41) is 8.76. The number of aromatic nitrogens is 3. The highest BCUT2D eigenvalue weighted by Crippen LogP contribution is 2.24. The lowest BCUT2D eigenvalue weighted by Crippen LogP contribution is -2.19. The van der Waals surface area contributed by atoms with Gasteiger partial charge in [0.15, 0.2) is 0 Å². The van der Waals surface area contributed by atoms with Gasteiger partial charge in [-0.3, -0.25) is 0 Å². The smallest absolute Gasteiger partial charge is 0.133 e. The zero-order valence-electron chi connectivity index (χ0n) is 12.2. The van der Waals surface area contributed by atoms with Crippen molar-refractivity contribution in [2.24, 2.45) is 5.92 Å². The summed E-state index contributed by atoms with van der Waals surface area (Å²) < 4.78 is 2.31. The van der Waals surface area contributed by atoms with E-state index in [2.05, 4.69) is 40.7 Å². The van der Waals surface area contributed by atoms with E-state index in [9.17, 15) is 0 Å². The predicted molar refractivity (Wildman–Crippen MR) is 80.5 cm³/mol. The van der Waals surface area contributed by atoms with E-state index >= 15 is 0 Å². The number of benzene rings is 1. The molecule has 3 rings (SSSR count). The topological polar surface area (TPSA) is 56.7 Å². The third-order valence-corrected chi connectivity index (χ3v) is 4.27. The van der Waals surface area contributed by atoms with Crippen molar-refractivity contribution in [1.82, 2.24) is 14.8 Å². The van der Waals surface area contributed by atoms with Crippen LogP contribution in [-0.4, -0.2) is 14.8 Å². The van der Waals surface area contributed by atoms with Gasteiger partial charge in [0, 0.05) is 25.1 Å². The first-order chi connectivity index (χ1) is 9.63. The van der Waals surface area contributed by atoms with E-state index in [1.54, 1.807) is 0 Å². The van der Waals surface area contributed by atoms with Crippen LogP contribution < -0.4 is 5.73 Å². The molecule has 0 radical (unpaired) electrons. The van der Waals surface area contributed by atoms with Gasteiger partial charge in [-0.1, -0.05) is 26.0 Å². The fourth-order valence-electron chi connectivity index (χ4n) is 2.91. The molecule has 2 atom stereocenters. The van der Waals surface area contributed by atoms with Crippen LogP contribution in [0.25, 0.3) is 0 Å². The molecule has 1 aromatic carbocycles. The summed E-state index contributed by atoms with van der Waals surface area (Å²) in [6.07, 6.45) is 3.23. The molecule has 2 unspecified atom stereocenters. The second-order valence-electron chi connectivity index (χ2n) is 6.05. The zero-order valence-corrected chi connectivity index (χ0v) is 12.2. The predicted octanol–water partition coefficient (Wildman–Crippen LogP) is 2.79. The third kappa shape index (κ3) is 2.55. The molecule has 4 heteroatoms. The van der Waals surface area contributed by atoms with Gasteiger partial charge in [-0.15, -0.1) is 10.2 Å². The Kier molecular flexibility index (Phi) is 3.47. The molecule has 2 heterocycles. The van der Waals surface area contributed by atoms with E-state index < -0.39 is 0 Å². The number of anilines is 1. The zero-order chi connectivity index (χ0) is 14.1. The van der Waals surface area contributed by atoms with Gasteiger partial charge in [0.2, 0.25) is 0 Å². The lowest BCUT2D eigenvalue weighted by atomic mass is 9.96. The van der Waals surface area contributed by atoms with Crippen LogP contribution in [0.5, 0.6) is 0 Å². The molecule has 2 N–H and O–H groups in total. The van der Waals surface area contributed by atoms with Crippen molar-refractivity contribution < 1.29 is 0 Å². The molecule has 1 aliphatic rings. The van der Waals surface area contributed by atoms with Crippen LogP contribution in [0.3, 0.4) is 0 Å². The maximum absolute atomic E-state index is 5.74. The minimum atomic E-state index is 0.434. The van der Waals surface area contributed by atoms with Gasteiger partial charge in [0.25, 0.3) is 0 Å². The van der Waals surface area contributed by atoms with E-state index in [0.717, 1.165) is 42.6 Å². The Balaban J connectivity index is 1.76. The van der Waals surface area contributed by atoms with Crippen LogP contribution >= 0.6 is 0 Å². The second kappa shape index (κ2) is 5.27. The maximum atomic E-state index is 5.74. The van der Waals surface area contributed by atoms with Gasteiger partial charge in [-0.2, -0.15) is 0 Å². The summed E-state index contributed by atoms with van der Waals surface area (Å²) in [4.78, 5) is 0. The van der Waals surface area contributed by atoms with Crippen LogP contribution in [0, 0.1) is 5.92 Å². The van der Waals surface area contributed by atoms with Gasteiger partial charge < -0.3 is 10.3 Å². The molecule has 106 valence electrons. The minimum Gasteiger partial charge on any atom is -0.399 e. The minimum absolute atomic E-state index is 0.434. The molecule has 0 spiro atoms. The van der Waals surface area contributed by atoms with Crippen molar-refractivity contribution in [3.8, 4) is 0 Å². The molecule has 1 aliphatic heterocycles. The van der Waals surface area contributed by atoms with Gasteiger partial charge >= 0.3 is 0 Å². The Hall–Kier alpha value is -1.84. The summed E-state index contributed by atoms with van der Waals surface area (Å²) in [5.74, 6) is 3.44. The molecule has 4 nitrogen and oxygen atoms in total. The number of nitrogens with zero attached hydrogens (tertiary/aromatic N) is 3. The molecule has 2 aromatic rings. The molecular weight excluding hydrogens is 248 g/mol. The standard InChI is InChI=1S/C16H22N4/c1-11-7-8-20-15(9-11)18-19-16(20)10-12(2)13-3-5-14(17)6-4-13/h3-6,11-12H,7-10,17H2,1-2H3. The lowest BCUT2D eigenvalue weighted by Gasteiger charge is -2.21. The highest BCUT2D eigenvalue weighted by molar-refractivity contribution is 5.40. The summed E-state index contributed by atoms with van der Waals surface area (Å²) in [6.45, 7) is 5.58. The van der Waals surface area contributed by atoms with Crippen LogP contribution in [0.4, 0.5) is 5.69 Å². The van der Waals surface area contributed by atoms with Crippen molar-refractivity contribution in [2.45, 2.75) is 45.6 Å². The first-order valence-electron chi connectivity index (χ1n) is 7.40. The third-order valence-electron chi connectivity index (χ3n) is 4.27. The van der Waals surface area contributed by atoms with Gasteiger partial charge in [0.05, 0.1) is 0 Å². The lowest BCUT2D eigenvalue weighted by molar-refractivity contribution is 0.401. The number of nitrogen functional groups attached to an aromatic ring is 1. The molecular formula is C16H22N4. The monoisotopic (exact) mass is 270 g/mol. The molecule has 0 aliphatic carbocycles. The molecule has 0 saturated heterocycles. The van der Waals surface area contributed by atoms with Crippen LogP contribution in [0.2, 0.25) is 0 Å². The Morgan fingerprint density at radius 1 is 1.30 bits per heavy atom. The van der Waals surface area contributed by atoms with Crippen molar-refractivity contribution in [3.63, 3.8) is 0 Å². The summed E-state index contributed by atoms with van der Waals surface area (Å²) in [5.41, 5.74) is 7.86. The van der Waals surface area contributed by atoms with Gasteiger partial charge in [0.1, 0.15) is 11.6 Å². The van der Waals surface area contributed by atoms with Crippen LogP contribution in [0.15, 0.2) is 24.3 Å². The van der Waals surface area contributed by atoms with Crippen molar-refractivity contribution >= 4 is 5.69 Å². The van der Waals surface area contributed by atoms with Crippen LogP contribution in [-0.2, 0) is 19.4 Å². The molecule has 0 amide bonds. The molecule has 0 fully saturated rings. The fourth-order valence-corrected chi connectivity index (χ4v) is 2.91. The largest absolute Gasteiger partial charge is 0.399 e. The van der Waals surface area contributed by atoms with E-state index in [0.29, 0.717) is 5.92 Å². The molecule has 1 aromatic heterocycles. The quantitative estimate of drug-likeness (QED) is 0.872. The molecule has 0 bridgehead atoms. The average molecular weight is 270 g/mol. The number of hydrogen-bond donors (Lipinski definition) is 1. The molecule has 20 heavy (non-hydrogen) atoms. The number of rotatable bonds is 3. The Labute approximate surface area is 120 Å². The van der Waals surface area contributed by atoms with Crippen LogP contribution in [0.1, 0.15) is 43.4 Å². The number of fused-ring (bicyclic) bond motifs is 1. The summed E-state index contributed by atoms with van der Waals surface area (Å²) in [6, 6.07) is 8.14. The fraction of sp³-hybridized carbons (Fsp3) is 0.500.